The summed E-state index contributed by atoms with van der Waals surface area (Å²) in [5, 5.41) is 3.30. The topological polar surface area (TPSA) is 41.6 Å². The van der Waals surface area contributed by atoms with Gasteiger partial charge in [-0.25, -0.2) is 4.79 Å². The fourth-order valence-corrected chi connectivity index (χ4v) is 1.48. The second-order valence-electron chi connectivity index (χ2n) is 3.60. The number of nitrogens with zero attached hydrogens (tertiary/aromatic N) is 1. The Hall–Kier alpha value is -1.09. The van der Waals surface area contributed by atoms with Gasteiger partial charge in [0.2, 0.25) is 0 Å². The van der Waals surface area contributed by atoms with Crippen LogP contribution < -0.4 is 5.32 Å². The average Bonchev–Trinajstić information content (AvgIpc) is 2.63. The van der Waals surface area contributed by atoms with Gasteiger partial charge in [-0.15, -0.1) is 5.73 Å². The summed E-state index contributed by atoms with van der Waals surface area (Å²) in [5.41, 5.74) is 2.95. The molecule has 0 radical (unpaired) electrons. The summed E-state index contributed by atoms with van der Waals surface area (Å²) < 4.78 is 5.06. The van der Waals surface area contributed by atoms with Crippen molar-refractivity contribution in [1.82, 2.24) is 10.2 Å². The summed E-state index contributed by atoms with van der Waals surface area (Å²) in [7, 11) is 0. The van der Waals surface area contributed by atoms with Crippen molar-refractivity contribution in [1.29, 1.82) is 0 Å². The van der Waals surface area contributed by atoms with Crippen molar-refractivity contribution in [3.63, 3.8) is 0 Å². The normalized spacial score (nSPS) is 21.1. The highest BCUT2D eigenvalue weighted by Gasteiger charge is 2.19. The van der Waals surface area contributed by atoms with Gasteiger partial charge in [-0.05, 0) is 13.8 Å². The van der Waals surface area contributed by atoms with E-state index >= 15 is 0 Å². The number of rotatable bonds is 4. The predicted molar refractivity (Wildman–Crippen MR) is 58.3 cm³/mol. The van der Waals surface area contributed by atoms with Crippen LogP contribution >= 0.6 is 0 Å². The number of carbonyl (C=O) groups is 1. The quantitative estimate of drug-likeness (QED) is 0.417. The van der Waals surface area contributed by atoms with E-state index in [-0.39, 0.29) is 5.97 Å². The van der Waals surface area contributed by atoms with Gasteiger partial charge in [-0.2, -0.15) is 0 Å². The third kappa shape index (κ3) is 3.51. The third-order valence-electron chi connectivity index (χ3n) is 2.57. The van der Waals surface area contributed by atoms with E-state index in [1.165, 1.54) is 0 Å². The van der Waals surface area contributed by atoms with Crippen LogP contribution in [-0.2, 0) is 9.53 Å². The Morgan fingerprint density at radius 1 is 1.73 bits per heavy atom. The largest absolute Gasteiger partial charge is 0.461 e. The van der Waals surface area contributed by atoms with E-state index in [0.29, 0.717) is 18.3 Å². The van der Waals surface area contributed by atoms with Crippen LogP contribution in [0.25, 0.3) is 0 Å². The minimum absolute atomic E-state index is 0.329. The molecule has 15 heavy (non-hydrogen) atoms. The Labute approximate surface area is 90.6 Å². The van der Waals surface area contributed by atoms with Crippen molar-refractivity contribution in [2.45, 2.75) is 20.0 Å². The summed E-state index contributed by atoms with van der Waals surface area (Å²) in [4.78, 5) is 13.5. The van der Waals surface area contributed by atoms with E-state index in [4.69, 9.17) is 4.74 Å². The van der Waals surface area contributed by atoms with Gasteiger partial charge in [0.25, 0.3) is 0 Å². The van der Waals surface area contributed by atoms with Crippen LogP contribution in [0.1, 0.15) is 13.8 Å². The first-order valence-corrected chi connectivity index (χ1v) is 5.16. The maximum atomic E-state index is 11.2. The predicted octanol–water partition coefficient (Wildman–Crippen LogP) is 0.512. The molecule has 4 nitrogen and oxygen atoms in total. The summed E-state index contributed by atoms with van der Waals surface area (Å²) >= 11 is 0. The zero-order valence-electron chi connectivity index (χ0n) is 9.38. The summed E-state index contributed by atoms with van der Waals surface area (Å²) in [6, 6.07) is 0. The van der Waals surface area contributed by atoms with Gasteiger partial charge in [0.15, 0.2) is 0 Å². The monoisotopic (exact) mass is 210 g/mol. The molecule has 1 saturated heterocycles. The Kier molecular flexibility index (Phi) is 4.56. The maximum Gasteiger partial charge on any atom is 0.341 e. The molecule has 1 aliphatic heterocycles. The van der Waals surface area contributed by atoms with Crippen molar-refractivity contribution >= 4 is 5.97 Å². The fourth-order valence-electron chi connectivity index (χ4n) is 1.48. The smallest absolute Gasteiger partial charge is 0.341 e. The lowest BCUT2D eigenvalue weighted by Gasteiger charge is -2.19. The van der Waals surface area contributed by atoms with E-state index < -0.39 is 0 Å². The molecule has 0 aliphatic carbocycles. The molecule has 0 amide bonds. The average molecular weight is 210 g/mol. The van der Waals surface area contributed by atoms with E-state index in [0.717, 1.165) is 19.6 Å². The SMILES string of the molecule is C=C=C(C)C(=O)OCCN1CCN[C@@H]1C. The van der Waals surface area contributed by atoms with Crippen molar-refractivity contribution in [3.8, 4) is 0 Å². The van der Waals surface area contributed by atoms with Gasteiger partial charge >= 0.3 is 5.97 Å². The van der Waals surface area contributed by atoms with Crippen LogP contribution in [0.15, 0.2) is 17.9 Å². The molecule has 0 aromatic carbocycles. The molecule has 0 unspecified atom stereocenters. The first kappa shape index (κ1) is 12.0. The molecule has 1 fully saturated rings. The highest BCUT2D eigenvalue weighted by molar-refractivity contribution is 5.87. The lowest BCUT2D eigenvalue weighted by molar-refractivity contribution is -0.139. The van der Waals surface area contributed by atoms with E-state index in [1.54, 1.807) is 6.92 Å². The molecular weight excluding hydrogens is 192 g/mol. The molecule has 0 aromatic heterocycles. The molecule has 0 bridgehead atoms. The van der Waals surface area contributed by atoms with Crippen molar-refractivity contribution in [2.75, 3.05) is 26.2 Å². The van der Waals surface area contributed by atoms with Crippen LogP contribution in [0.5, 0.6) is 0 Å². The van der Waals surface area contributed by atoms with E-state index in [1.807, 2.05) is 0 Å². The first-order valence-electron chi connectivity index (χ1n) is 5.16. The Bertz CT molecular complexity index is 282. The van der Waals surface area contributed by atoms with Gasteiger partial charge in [0.05, 0.1) is 11.7 Å². The molecule has 0 spiro atoms. The minimum atomic E-state index is -0.329. The fraction of sp³-hybridized carbons (Fsp3) is 0.636. The Morgan fingerprint density at radius 2 is 2.47 bits per heavy atom. The van der Waals surface area contributed by atoms with Gasteiger partial charge in [-0.1, -0.05) is 6.58 Å². The van der Waals surface area contributed by atoms with Crippen LogP contribution in [-0.4, -0.2) is 43.3 Å². The molecular formula is C11H18N2O2. The Balaban J connectivity index is 2.21. The molecule has 1 aliphatic rings. The van der Waals surface area contributed by atoms with Gasteiger partial charge < -0.3 is 10.1 Å². The number of hydrogen-bond acceptors (Lipinski definition) is 4. The third-order valence-corrected chi connectivity index (χ3v) is 2.57. The number of carbonyl (C=O) groups excluding carboxylic acids is 1. The summed E-state index contributed by atoms with van der Waals surface area (Å²) in [5.74, 6) is -0.329. The zero-order chi connectivity index (χ0) is 11.3. The number of hydrogen-bond donors (Lipinski definition) is 1. The molecule has 84 valence electrons. The molecule has 4 heteroatoms. The lowest BCUT2D eigenvalue weighted by atomic mass is 10.3. The molecule has 0 aromatic rings. The highest BCUT2D eigenvalue weighted by atomic mass is 16.5. The van der Waals surface area contributed by atoms with E-state index in [2.05, 4.69) is 29.5 Å². The van der Waals surface area contributed by atoms with E-state index in [9.17, 15) is 4.79 Å². The summed E-state index contributed by atoms with van der Waals surface area (Å²) in [6.45, 7) is 10.3. The first-order chi connectivity index (χ1) is 7.15. The maximum absolute atomic E-state index is 11.2. The van der Waals surface area contributed by atoms with Crippen LogP contribution in [0.2, 0.25) is 0 Å². The van der Waals surface area contributed by atoms with Crippen molar-refractivity contribution < 1.29 is 9.53 Å². The van der Waals surface area contributed by atoms with Gasteiger partial charge in [-0.3, -0.25) is 4.90 Å². The standard InChI is InChI=1S/C11H18N2O2/c1-4-9(2)11(14)15-8-7-13-6-5-12-10(13)3/h10,12H,1,5-8H2,2-3H3/t10-/m0/s1. The number of nitrogens with one attached hydrogen (secondary N) is 1. The van der Waals surface area contributed by atoms with Gasteiger partial charge in [0.1, 0.15) is 6.61 Å². The molecule has 1 rings (SSSR count). The zero-order valence-corrected chi connectivity index (χ0v) is 9.38. The molecule has 1 heterocycles. The second kappa shape index (κ2) is 5.71. The van der Waals surface area contributed by atoms with Crippen molar-refractivity contribution in [3.05, 3.63) is 17.9 Å². The van der Waals surface area contributed by atoms with Crippen molar-refractivity contribution in [2.24, 2.45) is 0 Å². The second-order valence-corrected chi connectivity index (χ2v) is 3.60. The number of esters is 1. The minimum Gasteiger partial charge on any atom is -0.461 e. The van der Waals surface area contributed by atoms with Crippen LogP contribution in [0.4, 0.5) is 0 Å². The molecule has 1 atom stereocenters. The van der Waals surface area contributed by atoms with Crippen LogP contribution in [0.3, 0.4) is 0 Å². The highest BCUT2D eigenvalue weighted by Crippen LogP contribution is 2.02. The lowest BCUT2D eigenvalue weighted by Crippen LogP contribution is -2.35. The number of ether oxygens (including phenoxy) is 1. The van der Waals surface area contributed by atoms with Crippen LogP contribution in [0, 0.1) is 0 Å². The molecule has 1 N–H and O–H groups in total. The van der Waals surface area contributed by atoms with Gasteiger partial charge in [0, 0.05) is 19.6 Å². The summed E-state index contributed by atoms with van der Waals surface area (Å²) in [6.07, 6.45) is 0.375. The Morgan fingerprint density at radius 3 is 3.00 bits per heavy atom. The molecule has 0 saturated carbocycles.